The van der Waals surface area contributed by atoms with Crippen LogP contribution in [0.25, 0.3) is 0 Å². The van der Waals surface area contributed by atoms with Gasteiger partial charge < -0.3 is 5.32 Å². The molecule has 0 aromatic carbocycles. The van der Waals surface area contributed by atoms with Gasteiger partial charge in [-0.25, -0.2) is 0 Å². The van der Waals surface area contributed by atoms with E-state index in [1.165, 1.54) is 23.0 Å². The highest BCUT2D eigenvalue weighted by molar-refractivity contribution is 9.10. The molecule has 1 aromatic heterocycles. The van der Waals surface area contributed by atoms with Crippen molar-refractivity contribution in [3.05, 3.63) is 15.9 Å². The van der Waals surface area contributed by atoms with Gasteiger partial charge >= 0.3 is 0 Å². The Kier molecular flexibility index (Phi) is 4.49. The Hall–Kier alpha value is -0.350. The summed E-state index contributed by atoms with van der Waals surface area (Å²) in [5.74, 6) is 1.37. The summed E-state index contributed by atoms with van der Waals surface area (Å²) >= 11 is 3.65. The smallest absolute Gasteiger partial charge is 0.0738 e. The van der Waals surface area contributed by atoms with Gasteiger partial charge in [0, 0.05) is 13.1 Å². The molecule has 0 spiro atoms. The SMILES string of the molecule is Cc1nn(C)c(CC(C)C(C)CNC2CC2)c1Br. The standard InChI is InChI=1S/C14H24BrN3/c1-9(10(2)8-16-12-5-6-12)7-13-14(15)11(3)17-18(13)4/h9-10,12,16H,5-8H2,1-4H3. The predicted molar refractivity (Wildman–Crippen MR) is 78.7 cm³/mol. The minimum atomic E-state index is 0.669. The monoisotopic (exact) mass is 313 g/mol. The molecule has 2 unspecified atom stereocenters. The number of aryl methyl sites for hydroxylation is 2. The molecule has 1 N–H and O–H groups in total. The molecule has 1 aliphatic rings. The molecule has 0 amide bonds. The van der Waals surface area contributed by atoms with Gasteiger partial charge in [-0.2, -0.15) is 5.10 Å². The third-order valence-electron chi connectivity index (χ3n) is 4.05. The van der Waals surface area contributed by atoms with Crippen molar-refractivity contribution in [3.8, 4) is 0 Å². The van der Waals surface area contributed by atoms with Gasteiger partial charge in [-0.1, -0.05) is 13.8 Å². The second-order valence-electron chi connectivity index (χ2n) is 5.81. The van der Waals surface area contributed by atoms with Crippen LogP contribution < -0.4 is 5.32 Å². The first-order valence-corrected chi connectivity index (χ1v) is 7.69. The van der Waals surface area contributed by atoms with Crippen LogP contribution in [0.15, 0.2) is 4.47 Å². The van der Waals surface area contributed by atoms with E-state index in [9.17, 15) is 0 Å². The average Bonchev–Trinajstić information content (AvgIpc) is 3.11. The highest BCUT2D eigenvalue weighted by Crippen LogP contribution is 2.26. The number of hydrogen-bond donors (Lipinski definition) is 1. The Bertz CT molecular complexity index is 409. The molecule has 0 aliphatic heterocycles. The molecule has 1 aromatic rings. The first-order chi connectivity index (χ1) is 8.49. The zero-order valence-corrected chi connectivity index (χ0v) is 13.4. The van der Waals surface area contributed by atoms with Crippen molar-refractivity contribution in [2.75, 3.05) is 6.54 Å². The number of hydrogen-bond acceptors (Lipinski definition) is 2. The number of aromatic nitrogens is 2. The van der Waals surface area contributed by atoms with E-state index in [4.69, 9.17) is 0 Å². The molecule has 102 valence electrons. The maximum atomic E-state index is 4.46. The van der Waals surface area contributed by atoms with E-state index in [-0.39, 0.29) is 0 Å². The topological polar surface area (TPSA) is 29.9 Å². The molecule has 3 nitrogen and oxygen atoms in total. The summed E-state index contributed by atoms with van der Waals surface area (Å²) in [7, 11) is 2.03. The predicted octanol–water partition coefficient (Wildman–Crippen LogP) is 3.06. The summed E-state index contributed by atoms with van der Waals surface area (Å²) in [6, 6.07) is 0.810. The number of halogens is 1. The summed E-state index contributed by atoms with van der Waals surface area (Å²) < 4.78 is 3.19. The van der Waals surface area contributed by atoms with Crippen LogP contribution >= 0.6 is 15.9 Å². The molecule has 1 aliphatic carbocycles. The van der Waals surface area contributed by atoms with Crippen LogP contribution in [0.1, 0.15) is 38.1 Å². The van der Waals surface area contributed by atoms with E-state index in [1.807, 2.05) is 11.7 Å². The average molecular weight is 314 g/mol. The largest absolute Gasteiger partial charge is 0.314 e. The summed E-state index contributed by atoms with van der Waals surface area (Å²) in [6.45, 7) is 7.88. The Morgan fingerprint density at radius 1 is 1.39 bits per heavy atom. The maximum Gasteiger partial charge on any atom is 0.0738 e. The lowest BCUT2D eigenvalue weighted by atomic mass is 9.91. The molecule has 4 heteroatoms. The van der Waals surface area contributed by atoms with Gasteiger partial charge in [0.2, 0.25) is 0 Å². The van der Waals surface area contributed by atoms with E-state index in [0.29, 0.717) is 11.8 Å². The number of rotatable bonds is 6. The van der Waals surface area contributed by atoms with Crippen LogP contribution in [0.4, 0.5) is 0 Å². The Morgan fingerprint density at radius 3 is 2.56 bits per heavy atom. The third-order valence-corrected chi connectivity index (χ3v) is 5.09. The van der Waals surface area contributed by atoms with Crippen molar-refractivity contribution in [2.45, 2.75) is 46.1 Å². The number of nitrogens with zero attached hydrogens (tertiary/aromatic N) is 2. The van der Waals surface area contributed by atoms with Gasteiger partial charge in [0.1, 0.15) is 0 Å². The fourth-order valence-electron chi connectivity index (χ4n) is 2.25. The zero-order valence-electron chi connectivity index (χ0n) is 11.8. The van der Waals surface area contributed by atoms with E-state index >= 15 is 0 Å². The molecule has 1 heterocycles. The van der Waals surface area contributed by atoms with Crippen molar-refractivity contribution < 1.29 is 0 Å². The van der Waals surface area contributed by atoms with E-state index in [0.717, 1.165) is 24.7 Å². The highest BCUT2D eigenvalue weighted by atomic mass is 79.9. The lowest BCUT2D eigenvalue weighted by Crippen LogP contribution is -2.28. The second-order valence-corrected chi connectivity index (χ2v) is 6.60. The fraction of sp³-hybridized carbons (Fsp3) is 0.786. The maximum absolute atomic E-state index is 4.46. The summed E-state index contributed by atoms with van der Waals surface area (Å²) in [5.41, 5.74) is 2.40. The van der Waals surface area contributed by atoms with Gasteiger partial charge in [-0.3, -0.25) is 4.68 Å². The first kappa shape index (κ1) is 14.1. The van der Waals surface area contributed by atoms with Crippen LogP contribution in [0.5, 0.6) is 0 Å². The molecular formula is C14H24BrN3. The van der Waals surface area contributed by atoms with Crippen molar-refractivity contribution >= 4 is 15.9 Å². The Balaban J connectivity index is 1.90. The molecule has 18 heavy (non-hydrogen) atoms. The second kappa shape index (κ2) is 5.74. The normalized spacial score (nSPS) is 18.9. The van der Waals surface area contributed by atoms with Gasteiger partial charge in [0.05, 0.1) is 15.9 Å². The minimum absolute atomic E-state index is 0.669. The Morgan fingerprint density at radius 2 is 2.06 bits per heavy atom. The van der Waals surface area contributed by atoms with Crippen molar-refractivity contribution in [2.24, 2.45) is 18.9 Å². The van der Waals surface area contributed by atoms with Gasteiger partial charge in [0.15, 0.2) is 0 Å². The zero-order chi connectivity index (χ0) is 13.3. The third kappa shape index (κ3) is 3.35. The van der Waals surface area contributed by atoms with Crippen molar-refractivity contribution in [1.82, 2.24) is 15.1 Å². The molecule has 0 saturated heterocycles. The van der Waals surface area contributed by atoms with Crippen molar-refractivity contribution in [1.29, 1.82) is 0 Å². The Labute approximate surface area is 118 Å². The van der Waals surface area contributed by atoms with Gasteiger partial charge in [0.25, 0.3) is 0 Å². The lowest BCUT2D eigenvalue weighted by molar-refractivity contribution is 0.357. The van der Waals surface area contributed by atoms with Crippen LogP contribution in [0, 0.1) is 18.8 Å². The summed E-state index contributed by atoms with van der Waals surface area (Å²) in [4.78, 5) is 0. The fourth-order valence-corrected chi connectivity index (χ4v) is 2.75. The molecule has 1 fully saturated rings. The first-order valence-electron chi connectivity index (χ1n) is 6.90. The molecule has 0 radical (unpaired) electrons. The van der Waals surface area contributed by atoms with Crippen LogP contribution in [0.2, 0.25) is 0 Å². The lowest BCUT2D eigenvalue weighted by Gasteiger charge is -2.20. The van der Waals surface area contributed by atoms with E-state index < -0.39 is 0 Å². The van der Waals surface area contributed by atoms with Gasteiger partial charge in [-0.05, 0) is 60.5 Å². The van der Waals surface area contributed by atoms with Crippen molar-refractivity contribution in [3.63, 3.8) is 0 Å². The molecular weight excluding hydrogens is 290 g/mol. The van der Waals surface area contributed by atoms with Gasteiger partial charge in [-0.15, -0.1) is 0 Å². The molecule has 0 bridgehead atoms. The van der Waals surface area contributed by atoms with E-state index in [1.54, 1.807) is 0 Å². The van der Waals surface area contributed by atoms with E-state index in [2.05, 4.69) is 47.1 Å². The highest BCUT2D eigenvalue weighted by Gasteiger charge is 2.23. The molecule has 2 atom stereocenters. The molecule has 2 rings (SSSR count). The summed E-state index contributed by atoms with van der Waals surface area (Å²) in [6.07, 6.45) is 3.83. The number of nitrogens with one attached hydrogen (secondary N) is 1. The van der Waals surface area contributed by atoms with Crippen LogP contribution in [-0.2, 0) is 13.5 Å². The summed E-state index contributed by atoms with van der Waals surface area (Å²) in [5, 5.41) is 8.08. The minimum Gasteiger partial charge on any atom is -0.314 e. The van der Waals surface area contributed by atoms with Crippen LogP contribution in [0.3, 0.4) is 0 Å². The quantitative estimate of drug-likeness (QED) is 0.874. The molecule has 1 saturated carbocycles. The van der Waals surface area contributed by atoms with Crippen LogP contribution in [-0.4, -0.2) is 22.4 Å².